The van der Waals surface area contributed by atoms with Gasteiger partial charge in [0.1, 0.15) is 5.54 Å². The number of rotatable bonds is 3. The molecule has 3 fully saturated rings. The summed E-state index contributed by atoms with van der Waals surface area (Å²) in [5.41, 5.74) is -0.246. The van der Waals surface area contributed by atoms with Gasteiger partial charge in [-0.1, -0.05) is 19.8 Å². The fourth-order valence-electron chi connectivity index (χ4n) is 5.06. The van der Waals surface area contributed by atoms with Gasteiger partial charge in [-0.25, -0.2) is 0 Å². The molecule has 3 nitrogen and oxygen atoms in total. The SMILES string of the molecule is CCNC1(C#N)CCCC(N2CCC3CCCCC32)C1. The molecule has 1 N–H and O–H groups in total. The van der Waals surface area contributed by atoms with E-state index >= 15 is 0 Å². The van der Waals surface area contributed by atoms with Crippen LogP contribution in [0.25, 0.3) is 0 Å². The third-order valence-corrected chi connectivity index (χ3v) is 5.98. The first-order valence-corrected chi connectivity index (χ1v) is 8.70. The molecular formula is C17H29N3. The fourth-order valence-corrected chi connectivity index (χ4v) is 5.06. The molecule has 3 heteroatoms. The molecule has 1 heterocycles. The molecule has 0 spiro atoms. The number of hydrogen-bond donors (Lipinski definition) is 1. The van der Waals surface area contributed by atoms with Crippen LogP contribution in [0.2, 0.25) is 0 Å². The highest BCUT2D eigenvalue weighted by Crippen LogP contribution is 2.41. The van der Waals surface area contributed by atoms with Crippen LogP contribution in [-0.2, 0) is 0 Å². The highest BCUT2D eigenvalue weighted by molar-refractivity contribution is 5.12. The zero-order valence-electron chi connectivity index (χ0n) is 12.9. The third-order valence-electron chi connectivity index (χ3n) is 5.98. The molecule has 1 aliphatic heterocycles. The Bertz CT molecular complexity index is 371. The zero-order chi connectivity index (χ0) is 14.0. The number of likely N-dealkylation sites (tertiary alicyclic amines) is 1. The maximum atomic E-state index is 9.63. The highest BCUT2D eigenvalue weighted by atomic mass is 15.2. The maximum Gasteiger partial charge on any atom is 0.108 e. The summed E-state index contributed by atoms with van der Waals surface area (Å²) in [7, 11) is 0. The van der Waals surface area contributed by atoms with E-state index in [4.69, 9.17) is 0 Å². The van der Waals surface area contributed by atoms with E-state index in [0.717, 1.165) is 31.3 Å². The summed E-state index contributed by atoms with van der Waals surface area (Å²) in [5, 5.41) is 13.1. The van der Waals surface area contributed by atoms with E-state index in [1.54, 1.807) is 0 Å². The van der Waals surface area contributed by atoms with Gasteiger partial charge in [0, 0.05) is 12.1 Å². The minimum absolute atomic E-state index is 0.246. The van der Waals surface area contributed by atoms with Crippen molar-refractivity contribution >= 4 is 0 Å². The molecule has 0 bridgehead atoms. The van der Waals surface area contributed by atoms with Crippen LogP contribution in [0.5, 0.6) is 0 Å². The lowest BCUT2D eigenvalue weighted by atomic mass is 9.78. The van der Waals surface area contributed by atoms with Gasteiger partial charge in [-0.05, 0) is 64.0 Å². The van der Waals surface area contributed by atoms with Crippen molar-refractivity contribution in [2.45, 2.75) is 82.3 Å². The van der Waals surface area contributed by atoms with Crippen LogP contribution in [0.3, 0.4) is 0 Å². The number of fused-ring (bicyclic) bond motifs is 1. The van der Waals surface area contributed by atoms with E-state index in [-0.39, 0.29) is 5.54 Å². The zero-order valence-corrected chi connectivity index (χ0v) is 12.9. The van der Waals surface area contributed by atoms with Gasteiger partial charge in [-0.2, -0.15) is 5.26 Å². The Labute approximate surface area is 123 Å². The maximum absolute atomic E-state index is 9.63. The van der Waals surface area contributed by atoms with Gasteiger partial charge in [0.15, 0.2) is 0 Å². The van der Waals surface area contributed by atoms with Crippen LogP contribution in [0.1, 0.15) is 64.7 Å². The van der Waals surface area contributed by atoms with Crippen LogP contribution in [0, 0.1) is 17.2 Å². The van der Waals surface area contributed by atoms with Crippen molar-refractivity contribution in [3.8, 4) is 6.07 Å². The van der Waals surface area contributed by atoms with Gasteiger partial charge in [0.05, 0.1) is 6.07 Å². The van der Waals surface area contributed by atoms with E-state index in [2.05, 4.69) is 23.2 Å². The minimum atomic E-state index is -0.246. The Hall–Kier alpha value is -0.590. The van der Waals surface area contributed by atoms with Gasteiger partial charge >= 0.3 is 0 Å². The van der Waals surface area contributed by atoms with E-state index in [9.17, 15) is 5.26 Å². The molecule has 2 aliphatic carbocycles. The predicted molar refractivity (Wildman–Crippen MR) is 81.3 cm³/mol. The largest absolute Gasteiger partial charge is 0.300 e. The van der Waals surface area contributed by atoms with Crippen LogP contribution >= 0.6 is 0 Å². The second-order valence-corrected chi connectivity index (χ2v) is 7.11. The molecule has 3 aliphatic rings. The molecule has 3 rings (SSSR count). The molecule has 0 radical (unpaired) electrons. The van der Waals surface area contributed by atoms with Gasteiger partial charge in [0.25, 0.3) is 0 Å². The Morgan fingerprint density at radius 1 is 1.20 bits per heavy atom. The number of nitrogens with one attached hydrogen (secondary N) is 1. The highest BCUT2D eigenvalue weighted by Gasteiger charge is 2.44. The monoisotopic (exact) mass is 275 g/mol. The molecule has 4 unspecified atom stereocenters. The number of nitrogens with zero attached hydrogens (tertiary/aromatic N) is 2. The van der Waals surface area contributed by atoms with Crippen molar-refractivity contribution in [1.82, 2.24) is 10.2 Å². The van der Waals surface area contributed by atoms with E-state index in [0.29, 0.717) is 6.04 Å². The lowest BCUT2D eigenvalue weighted by Crippen LogP contribution is -2.54. The second kappa shape index (κ2) is 6.03. The van der Waals surface area contributed by atoms with Gasteiger partial charge in [-0.15, -0.1) is 0 Å². The quantitative estimate of drug-likeness (QED) is 0.860. The smallest absolute Gasteiger partial charge is 0.108 e. The lowest BCUT2D eigenvalue weighted by molar-refractivity contribution is 0.0839. The summed E-state index contributed by atoms with van der Waals surface area (Å²) in [5.74, 6) is 0.960. The van der Waals surface area contributed by atoms with Crippen molar-refractivity contribution < 1.29 is 0 Å². The average Bonchev–Trinajstić information content (AvgIpc) is 2.92. The fraction of sp³-hybridized carbons (Fsp3) is 0.941. The average molecular weight is 275 g/mol. The standard InChI is InChI=1S/C17H29N3/c1-2-19-17(13-18)10-5-7-15(12-17)20-11-9-14-6-3-4-8-16(14)20/h14-16,19H,2-12H2,1H3. The Morgan fingerprint density at radius 3 is 2.85 bits per heavy atom. The Kier molecular flexibility index (Phi) is 4.33. The summed E-state index contributed by atoms with van der Waals surface area (Å²) >= 11 is 0. The molecule has 0 amide bonds. The van der Waals surface area contributed by atoms with Crippen LogP contribution < -0.4 is 5.32 Å². The van der Waals surface area contributed by atoms with Crippen molar-refractivity contribution in [3.63, 3.8) is 0 Å². The second-order valence-electron chi connectivity index (χ2n) is 7.11. The first kappa shape index (κ1) is 14.4. The Morgan fingerprint density at radius 2 is 2.05 bits per heavy atom. The summed E-state index contributed by atoms with van der Waals surface area (Å²) in [4.78, 5) is 2.80. The van der Waals surface area contributed by atoms with E-state index < -0.39 is 0 Å². The van der Waals surface area contributed by atoms with Crippen molar-refractivity contribution in [2.75, 3.05) is 13.1 Å². The molecule has 0 aromatic rings. The van der Waals surface area contributed by atoms with Gasteiger partial charge in [0.2, 0.25) is 0 Å². The molecule has 2 saturated carbocycles. The summed E-state index contributed by atoms with van der Waals surface area (Å²) < 4.78 is 0. The topological polar surface area (TPSA) is 39.1 Å². The van der Waals surface area contributed by atoms with Crippen molar-refractivity contribution in [3.05, 3.63) is 0 Å². The summed E-state index contributed by atoms with van der Waals surface area (Å²) in [6.45, 7) is 4.32. The third kappa shape index (κ3) is 2.61. The van der Waals surface area contributed by atoms with E-state index in [1.165, 1.54) is 51.5 Å². The summed E-state index contributed by atoms with van der Waals surface area (Å²) in [6, 6.07) is 4.09. The molecule has 112 valence electrons. The van der Waals surface area contributed by atoms with Crippen molar-refractivity contribution in [2.24, 2.45) is 5.92 Å². The predicted octanol–water partition coefficient (Wildman–Crippen LogP) is 3.07. The molecule has 0 aromatic carbocycles. The summed E-state index contributed by atoms with van der Waals surface area (Å²) in [6.07, 6.45) is 11.7. The minimum Gasteiger partial charge on any atom is -0.300 e. The first-order chi connectivity index (χ1) is 9.78. The van der Waals surface area contributed by atoms with E-state index in [1.807, 2.05) is 0 Å². The molecule has 1 saturated heterocycles. The molecule has 0 aromatic heterocycles. The van der Waals surface area contributed by atoms with Gasteiger partial charge < -0.3 is 0 Å². The molecular weight excluding hydrogens is 246 g/mol. The van der Waals surface area contributed by atoms with Crippen molar-refractivity contribution in [1.29, 1.82) is 5.26 Å². The number of nitriles is 1. The lowest BCUT2D eigenvalue weighted by Gasteiger charge is -2.43. The van der Waals surface area contributed by atoms with Crippen LogP contribution in [-0.4, -0.2) is 35.6 Å². The first-order valence-electron chi connectivity index (χ1n) is 8.70. The Balaban J connectivity index is 1.69. The molecule has 4 atom stereocenters. The number of hydrogen-bond acceptors (Lipinski definition) is 3. The van der Waals surface area contributed by atoms with Gasteiger partial charge in [-0.3, -0.25) is 10.2 Å². The normalized spacial score (nSPS) is 42.1. The molecule has 20 heavy (non-hydrogen) atoms. The van der Waals surface area contributed by atoms with Crippen LogP contribution in [0.15, 0.2) is 0 Å². The van der Waals surface area contributed by atoms with Crippen LogP contribution in [0.4, 0.5) is 0 Å².